The second-order valence-corrected chi connectivity index (χ2v) is 5.06. The maximum atomic E-state index is 12.1. The van der Waals surface area contributed by atoms with Crippen LogP contribution < -0.4 is 5.32 Å². The van der Waals surface area contributed by atoms with Gasteiger partial charge in [-0.05, 0) is 29.7 Å². The van der Waals surface area contributed by atoms with E-state index in [0.717, 1.165) is 5.56 Å². The highest BCUT2D eigenvalue weighted by Crippen LogP contribution is 2.22. The van der Waals surface area contributed by atoms with Crippen molar-refractivity contribution >= 4 is 11.6 Å². The molecule has 0 fully saturated rings. The fourth-order valence-corrected chi connectivity index (χ4v) is 1.99. The largest absolute Gasteiger partial charge is 0.389 e. The van der Waals surface area contributed by atoms with Gasteiger partial charge >= 0.3 is 6.18 Å². The first-order chi connectivity index (χ1) is 10.3. The molecule has 4 nitrogen and oxygen atoms in total. The Kier molecular flexibility index (Phi) is 4.85. The molecule has 0 bridgehead atoms. The van der Waals surface area contributed by atoms with E-state index >= 15 is 0 Å². The highest BCUT2D eigenvalue weighted by Gasteiger charge is 2.26. The minimum atomic E-state index is -4.16. The van der Waals surface area contributed by atoms with Crippen molar-refractivity contribution in [2.45, 2.75) is 25.4 Å². The molecule has 1 heterocycles. The number of alkyl halides is 3. The molecule has 1 aromatic heterocycles. The lowest BCUT2D eigenvalue weighted by molar-refractivity contribution is -0.134. The topological polar surface area (TPSA) is 46.9 Å². The quantitative estimate of drug-likeness (QED) is 0.922. The number of hydrogen-bond donors (Lipinski definition) is 1. The fraction of sp³-hybridized carbons (Fsp3) is 0.333. The van der Waals surface area contributed by atoms with Crippen LogP contribution in [0, 0.1) is 0 Å². The SMILES string of the molecule is Cn1cc(CC(=O)Nc2ccc(CCC(F)(F)F)cc2)cn1. The van der Waals surface area contributed by atoms with Gasteiger partial charge in [0.05, 0.1) is 12.6 Å². The van der Waals surface area contributed by atoms with E-state index in [2.05, 4.69) is 10.4 Å². The van der Waals surface area contributed by atoms with Gasteiger partial charge in [-0.25, -0.2) is 0 Å². The lowest BCUT2D eigenvalue weighted by atomic mass is 10.1. The van der Waals surface area contributed by atoms with Crippen LogP contribution in [0.3, 0.4) is 0 Å². The van der Waals surface area contributed by atoms with Gasteiger partial charge in [0.25, 0.3) is 0 Å². The Morgan fingerprint density at radius 3 is 2.45 bits per heavy atom. The minimum Gasteiger partial charge on any atom is -0.326 e. The molecule has 1 amide bonds. The molecule has 118 valence electrons. The van der Waals surface area contributed by atoms with E-state index in [1.165, 1.54) is 0 Å². The Labute approximate surface area is 125 Å². The number of hydrogen-bond acceptors (Lipinski definition) is 2. The van der Waals surface area contributed by atoms with Crippen molar-refractivity contribution in [3.8, 4) is 0 Å². The maximum Gasteiger partial charge on any atom is 0.389 e. The summed E-state index contributed by atoms with van der Waals surface area (Å²) >= 11 is 0. The summed E-state index contributed by atoms with van der Waals surface area (Å²) < 4.78 is 38.0. The first kappa shape index (κ1) is 16.1. The average Bonchev–Trinajstić information content (AvgIpc) is 2.82. The van der Waals surface area contributed by atoms with Crippen molar-refractivity contribution in [2.75, 3.05) is 5.32 Å². The van der Waals surface area contributed by atoms with E-state index in [1.807, 2.05) is 0 Å². The van der Waals surface area contributed by atoms with Crippen molar-refractivity contribution in [3.63, 3.8) is 0 Å². The standard InChI is InChI=1S/C15H16F3N3O/c1-21-10-12(9-19-21)8-14(22)20-13-4-2-11(3-5-13)6-7-15(16,17)18/h2-5,9-10H,6-8H2,1H3,(H,20,22). The molecule has 0 saturated carbocycles. The summed E-state index contributed by atoms with van der Waals surface area (Å²) in [6.45, 7) is 0. The third-order valence-electron chi connectivity index (χ3n) is 3.06. The predicted octanol–water partition coefficient (Wildman–Crippen LogP) is 3.10. The van der Waals surface area contributed by atoms with Crippen molar-refractivity contribution in [2.24, 2.45) is 7.05 Å². The molecule has 0 atom stereocenters. The second kappa shape index (κ2) is 6.64. The first-order valence-corrected chi connectivity index (χ1v) is 6.75. The van der Waals surface area contributed by atoms with Crippen LogP contribution >= 0.6 is 0 Å². The summed E-state index contributed by atoms with van der Waals surface area (Å²) in [7, 11) is 1.76. The van der Waals surface area contributed by atoms with Crippen LogP contribution in [0.1, 0.15) is 17.5 Å². The van der Waals surface area contributed by atoms with Gasteiger partial charge in [-0.15, -0.1) is 0 Å². The number of anilines is 1. The van der Waals surface area contributed by atoms with Gasteiger partial charge < -0.3 is 5.32 Å². The van der Waals surface area contributed by atoms with Crippen molar-refractivity contribution < 1.29 is 18.0 Å². The monoisotopic (exact) mass is 311 g/mol. The molecule has 2 rings (SSSR count). The zero-order chi connectivity index (χ0) is 16.2. The number of rotatable bonds is 5. The lowest BCUT2D eigenvalue weighted by Gasteiger charge is -2.08. The number of aryl methyl sites for hydroxylation is 2. The van der Waals surface area contributed by atoms with Gasteiger partial charge in [-0.3, -0.25) is 9.48 Å². The van der Waals surface area contributed by atoms with E-state index in [1.54, 1.807) is 48.4 Å². The number of aromatic nitrogens is 2. The van der Waals surface area contributed by atoms with Gasteiger partial charge in [-0.1, -0.05) is 12.1 Å². The highest BCUT2D eigenvalue weighted by atomic mass is 19.4. The van der Waals surface area contributed by atoms with E-state index in [0.29, 0.717) is 11.3 Å². The number of nitrogens with one attached hydrogen (secondary N) is 1. The number of benzene rings is 1. The molecule has 0 saturated heterocycles. The number of nitrogens with zero attached hydrogens (tertiary/aromatic N) is 2. The zero-order valence-corrected chi connectivity index (χ0v) is 12.0. The van der Waals surface area contributed by atoms with E-state index in [-0.39, 0.29) is 18.7 Å². The van der Waals surface area contributed by atoms with Gasteiger partial charge in [0.2, 0.25) is 5.91 Å². The van der Waals surface area contributed by atoms with Gasteiger partial charge in [0, 0.05) is 25.4 Å². The molecular weight excluding hydrogens is 295 g/mol. The Morgan fingerprint density at radius 2 is 1.91 bits per heavy atom. The molecule has 1 N–H and O–H groups in total. The molecule has 0 spiro atoms. The molecule has 0 aliphatic heterocycles. The predicted molar refractivity (Wildman–Crippen MR) is 76.4 cm³/mol. The number of halogens is 3. The summed E-state index contributed by atoms with van der Waals surface area (Å²) in [5.41, 5.74) is 1.94. The molecule has 7 heteroatoms. The summed E-state index contributed by atoms with van der Waals surface area (Å²) in [5.74, 6) is -0.198. The average molecular weight is 311 g/mol. The third kappa shape index (κ3) is 5.23. The van der Waals surface area contributed by atoms with Crippen molar-refractivity contribution in [1.82, 2.24) is 9.78 Å². The Morgan fingerprint density at radius 1 is 1.23 bits per heavy atom. The van der Waals surface area contributed by atoms with Gasteiger partial charge in [-0.2, -0.15) is 18.3 Å². The number of amides is 1. The van der Waals surface area contributed by atoms with E-state index in [9.17, 15) is 18.0 Å². The third-order valence-corrected chi connectivity index (χ3v) is 3.06. The van der Waals surface area contributed by atoms with Crippen molar-refractivity contribution in [1.29, 1.82) is 0 Å². The van der Waals surface area contributed by atoms with Crippen LogP contribution in [0.2, 0.25) is 0 Å². The Bertz CT molecular complexity index is 632. The molecule has 0 unspecified atom stereocenters. The zero-order valence-electron chi connectivity index (χ0n) is 12.0. The van der Waals surface area contributed by atoms with Crippen LogP contribution in [0.25, 0.3) is 0 Å². The van der Waals surface area contributed by atoms with Gasteiger partial charge in [0.1, 0.15) is 0 Å². The molecule has 22 heavy (non-hydrogen) atoms. The van der Waals surface area contributed by atoms with Gasteiger partial charge in [0.15, 0.2) is 0 Å². The Balaban J connectivity index is 1.86. The minimum absolute atomic E-state index is 0.0621. The first-order valence-electron chi connectivity index (χ1n) is 6.75. The molecule has 2 aromatic rings. The van der Waals surface area contributed by atoms with Crippen molar-refractivity contribution in [3.05, 3.63) is 47.8 Å². The second-order valence-electron chi connectivity index (χ2n) is 5.06. The number of carbonyl (C=O) groups is 1. The maximum absolute atomic E-state index is 12.1. The molecule has 0 aliphatic rings. The fourth-order valence-electron chi connectivity index (χ4n) is 1.99. The molecule has 0 aliphatic carbocycles. The van der Waals surface area contributed by atoms with Crippen LogP contribution in [-0.2, 0) is 24.7 Å². The summed E-state index contributed by atoms with van der Waals surface area (Å²) in [6.07, 6.45) is -1.51. The molecule has 1 aromatic carbocycles. The normalized spacial score (nSPS) is 11.5. The molecule has 0 radical (unpaired) electrons. The van der Waals surface area contributed by atoms with E-state index in [4.69, 9.17) is 0 Å². The van der Waals surface area contributed by atoms with Crippen LogP contribution in [0.4, 0.5) is 18.9 Å². The molecular formula is C15H16F3N3O. The van der Waals surface area contributed by atoms with Crippen LogP contribution in [0.5, 0.6) is 0 Å². The van der Waals surface area contributed by atoms with Crippen LogP contribution in [-0.4, -0.2) is 21.9 Å². The summed E-state index contributed by atoms with van der Waals surface area (Å²) in [4.78, 5) is 11.8. The Hall–Kier alpha value is -2.31. The lowest BCUT2D eigenvalue weighted by Crippen LogP contribution is -2.14. The summed E-state index contributed by atoms with van der Waals surface area (Å²) in [6, 6.07) is 6.39. The summed E-state index contributed by atoms with van der Waals surface area (Å²) in [5, 5.41) is 6.67. The number of carbonyl (C=O) groups excluding carboxylic acids is 1. The van der Waals surface area contributed by atoms with E-state index < -0.39 is 12.6 Å². The van der Waals surface area contributed by atoms with Crippen LogP contribution in [0.15, 0.2) is 36.7 Å². The smallest absolute Gasteiger partial charge is 0.326 e. The highest BCUT2D eigenvalue weighted by molar-refractivity contribution is 5.92.